The highest BCUT2D eigenvalue weighted by atomic mass is 15.1. The van der Waals surface area contributed by atoms with Crippen LogP contribution in [0.25, 0.3) is 39.0 Å². The van der Waals surface area contributed by atoms with Crippen LogP contribution in [0.3, 0.4) is 0 Å². The van der Waals surface area contributed by atoms with E-state index in [4.69, 9.17) is 0 Å². The second kappa shape index (κ2) is 11.7. The molecule has 0 aromatic heterocycles. The molecule has 4 aliphatic rings. The van der Waals surface area contributed by atoms with Crippen molar-refractivity contribution >= 4 is 22.6 Å². The summed E-state index contributed by atoms with van der Waals surface area (Å²) in [7, 11) is 0. The van der Waals surface area contributed by atoms with E-state index in [0.717, 1.165) is 12.8 Å². The van der Waals surface area contributed by atoms with Crippen LogP contribution in [-0.4, -0.2) is 0 Å². The highest BCUT2D eigenvalue weighted by Crippen LogP contribution is 2.64. The molecular weight excluding hydrogens is 663 g/mol. The van der Waals surface area contributed by atoms with E-state index >= 15 is 0 Å². The van der Waals surface area contributed by atoms with Gasteiger partial charge in [-0.2, -0.15) is 0 Å². The van der Waals surface area contributed by atoms with E-state index < -0.39 is 0 Å². The summed E-state index contributed by atoms with van der Waals surface area (Å²) in [5, 5.41) is 0. The molecule has 0 aliphatic heterocycles. The van der Waals surface area contributed by atoms with Crippen LogP contribution in [0.4, 0.5) is 17.1 Å². The molecule has 0 N–H and O–H groups in total. The van der Waals surface area contributed by atoms with Crippen molar-refractivity contribution in [1.82, 2.24) is 0 Å². The number of hydrogen-bond donors (Lipinski definition) is 0. The second-order valence-electron chi connectivity index (χ2n) is 16.5. The van der Waals surface area contributed by atoms with Gasteiger partial charge in [-0.25, -0.2) is 0 Å². The third-order valence-corrected chi connectivity index (χ3v) is 13.1. The molecule has 0 fully saturated rings. The average Bonchev–Trinajstić information content (AvgIpc) is 3.76. The standard InChI is InChI=1S/C54H43N/c1-34-25-28-40-41-29-26-35(2)32-49(41)54(48(40)31-34)45-21-12-8-18-39(45)43-33-37(27-30-46(43)54)55(50-23-13-10-17-38(50)36-15-6-5-7-16-36)51-24-14-22-47-52(51)42-19-9-11-20-44(42)53(47,3)4/h5-11,13-20,22-33H,12,21H2,1-4H3. The summed E-state index contributed by atoms with van der Waals surface area (Å²) in [5.41, 5.74) is 24.9. The predicted molar refractivity (Wildman–Crippen MR) is 231 cm³/mol. The largest absolute Gasteiger partial charge is 0.309 e. The monoisotopic (exact) mass is 705 g/mol. The Hall–Kier alpha value is -6.18. The predicted octanol–water partition coefficient (Wildman–Crippen LogP) is 14.2. The van der Waals surface area contributed by atoms with Crippen LogP contribution in [0.15, 0.2) is 169 Å². The zero-order valence-corrected chi connectivity index (χ0v) is 31.9. The van der Waals surface area contributed by atoms with Crippen molar-refractivity contribution < 1.29 is 0 Å². The Morgan fingerprint density at radius 3 is 1.91 bits per heavy atom. The lowest BCUT2D eigenvalue weighted by Crippen LogP contribution is -2.28. The zero-order valence-electron chi connectivity index (χ0n) is 31.9. The Kier molecular flexibility index (Phi) is 6.84. The molecule has 0 saturated heterocycles. The number of hydrogen-bond acceptors (Lipinski definition) is 1. The molecular formula is C54H43N. The molecule has 55 heavy (non-hydrogen) atoms. The number of nitrogens with zero attached hydrogens (tertiary/aromatic N) is 1. The number of anilines is 3. The Labute approximate surface area is 325 Å². The third kappa shape index (κ3) is 4.36. The minimum atomic E-state index is -0.305. The molecule has 11 rings (SSSR count). The smallest absolute Gasteiger partial charge is 0.0688 e. The topological polar surface area (TPSA) is 3.24 Å². The van der Waals surface area contributed by atoms with Gasteiger partial charge >= 0.3 is 0 Å². The van der Waals surface area contributed by atoms with Crippen molar-refractivity contribution in [3.8, 4) is 33.4 Å². The van der Waals surface area contributed by atoms with E-state index in [1.54, 1.807) is 5.57 Å². The average molecular weight is 706 g/mol. The first-order valence-electron chi connectivity index (χ1n) is 19.8. The van der Waals surface area contributed by atoms with Gasteiger partial charge in [0, 0.05) is 22.2 Å². The Bertz CT molecular complexity index is 2760. The maximum absolute atomic E-state index is 2.56. The maximum atomic E-state index is 2.56. The fourth-order valence-electron chi connectivity index (χ4n) is 10.7. The number of rotatable bonds is 4. The SMILES string of the molecule is Cc1ccc2c(c1)C1(C3=C(C=CCC3)c3cc(N(c4ccccc4-c4ccccc4)c4cccc5c4-c4ccccc4C5(C)C)ccc31)c1cc(C)ccc1-2. The van der Waals surface area contributed by atoms with Crippen LogP contribution < -0.4 is 4.90 Å². The number of benzene rings is 7. The molecule has 1 heteroatoms. The van der Waals surface area contributed by atoms with Crippen LogP contribution in [0, 0.1) is 13.8 Å². The van der Waals surface area contributed by atoms with Crippen LogP contribution in [0.1, 0.15) is 71.2 Å². The van der Waals surface area contributed by atoms with Gasteiger partial charge in [0.05, 0.1) is 16.8 Å². The summed E-state index contributed by atoms with van der Waals surface area (Å²) in [6.45, 7) is 9.25. The van der Waals surface area contributed by atoms with E-state index in [9.17, 15) is 0 Å². The molecule has 0 amide bonds. The minimum absolute atomic E-state index is 0.108. The summed E-state index contributed by atoms with van der Waals surface area (Å²) in [6.07, 6.45) is 6.94. The fourth-order valence-corrected chi connectivity index (χ4v) is 10.7. The van der Waals surface area contributed by atoms with E-state index in [1.807, 2.05) is 0 Å². The molecule has 0 heterocycles. The normalized spacial score (nSPS) is 16.0. The minimum Gasteiger partial charge on any atom is -0.309 e. The maximum Gasteiger partial charge on any atom is 0.0688 e. The Morgan fingerprint density at radius 2 is 1.15 bits per heavy atom. The summed E-state index contributed by atoms with van der Waals surface area (Å²) < 4.78 is 0. The second-order valence-corrected chi connectivity index (χ2v) is 16.5. The van der Waals surface area contributed by atoms with Crippen LogP contribution in [0.5, 0.6) is 0 Å². The lowest BCUT2D eigenvalue weighted by Gasteiger charge is -2.34. The summed E-state index contributed by atoms with van der Waals surface area (Å²) in [5.74, 6) is 0. The molecule has 0 unspecified atom stereocenters. The quantitative estimate of drug-likeness (QED) is 0.176. The molecule has 0 bridgehead atoms. The third-order valence-electron chi connectivity index (χ3n) is 13.1. The molecule has 1 nitrogen and oxygen atoms in total. The number of para-hydroxylation sites is 1. The lowest BCUT2D eigenvalue weighted by atomic mass is 9.68. The van der Waals surface area contributed by atoms with E-state index in [0.29, 0.717) is 0 Å². The molecule has 0 saturated carbocycles. The number of allylic oxidation sites excluding steroid dienone is 4. The van der Waals surface area contributed by atoms with Crippen molar-refractivity contribution in [2.24, 2.45) is 0 Å². The summed E-state index contributed by atoms with van der Waals surface area (Å²) in [4.78, 5) is 2.56. The zero-order chi connectivity index (χ0) is 37.1. The van der Waals surface area contributed by atoms with Crippen molar-refractivity contribution in [2.45, 2.75) is 51.4 Å². The highest BCUT2D eigenvalue weighted by Gasteiger charge is 2.53. The van der Waals surface area contributed by atoms with Crippen molar-refractivity contribution in [3.05, 3.63) is 214 Å². The first-order valence-corrected chi connectivity index (χ1v) is 19.8. The highest BCUT2D eigenvalue weighted by molar-refractivity contribution is 6.01. The molecule has 7 aromatic carbocycles. The summed E-state index contributed by atoms with van der Waals surface area (Å²) in [6, 6.07) is 57.5. The van der Waals surface area contributed by atoms with Gasteiger partial charge in [0.1, 0.15) is 0 Å². The van der Waals surface area contributed by atoms with E-state index in [2.05, 4.69) is 196 Å². The van der Waals surface area contributed by atoms with Gasteiger partial charge in [-0.15, -0.1) is 0 Å². The van der Waals surface area contributed by atoms with Gasteiger partial charge < -0.3 is 4.90 Å². The molecule has 0 atom stereocenters. The lowest BCUT2D eigenvalue weighted by molar-refractivity contribution is 0.660. The van der Waals surface area contributed by atoms with Crippen molar-refractivity contribution in [1.29, 1.82) is 0 Å². The Morgan fingerprint density at radius 1 is 0.491 bits per heavy atom. The van der Waals surface area contributed by atoms with Gasteiger partial charge in [0.2, 0.25) is 0 Å². The van der Waals surface area contributed by atoms with Crippen LogP contribution in [0.2, 0.25) is 0 Å². The first-order chi connectivity index (χ1) is 26.9. The van der Waals surface area contributed by atoms with Crippen molar-refractivity contribution in [3.63, 3.8) is 0 Å². The first kappa shape index (κ1) is 32.3. The summed E-state index contributed by atoms with van der Waals surface area (Å²) >= 11 is 0. The van der Waals surface area contributed by atoms with Gasteiger partial charge in [0.25, 0.3) is 0 Å². The molecule has 0 radical (unpaired) electrons. The Balaban J connectivity index is 1.21. The van der Waals surface area contributed by atoms with Gasteiger partial charge in [-0.3, -0.25) is 0 Å². The van der Waals surface area contributed by atoms with E-state index in [-0.39, 0.29) is 10.8 Å². The molecule has 264 valence electrons. The van der Waals surface area contributed by atoms with Gasteiger partial charge in [-0.05, 0) is 118 Å². The van der Waals surface area contributed by atoms with E-state index in [1.165, 1.54) is 101 Å². The van der Waals surface area contributed by atoms with Crippen LogP contribution in [-0.2, 0) is 10.8 Å². The molecule has 7 aromatic rings. The van der Waals surface area contributed by atoms with Crippen LogP contribution >= 0.6 is 0 Å². The van der Waals surface area contributed by atoms with Gasteiger partial charge in [-0.1, -0.05) is 165 Å². The molecule has 4 aliphatic carbocycles. The number of fused-ring (bicyclic) bond motifs is 12. The van der Waals surface area contributed by atoms with Crippen molar-refractivity contribution in [2.75, 3.05) is 4.90 Å². The fraction of sp³-hybridized carbons (Fsp3) is 0.148. The van der Waals surface area contributed by atoms with Gasteiger partial charge in [0.15, 0.2) is 0 Å². The molecule has 1 spiro atoms. The number of aryl methyl sites for hydroxylation is 2.